The fourth-order valence-corrected chi connectivity index (χ4v) is 3.35. The number of hydrogen-bond acceptors (Lipinski definition) is 7. The average Bonchev–Trinajstić information content (AvgIpc) is 3.00. The SMILES string of the molecule is CCCCOc1nc(N)c2c(n1)N(CCCC1CCCCN1)CN2. The average molecular weight is 334 g/mol. The van der Waals surface area contributed by atoms with Gasteiger partial charge < -0.3 is 26.0 Å². The van der Waals surface area contributed by atoms with Crippen LogP contribution in [0.3, 0.4) is 0 Å². The number of anilines is 3. The Bertz CT molecular complexity index is 532. The summed E-state index contributed by atoms with van der Waals surface area (Å²) in [5.74, 6) is 1.36. The summed E-state index contributed by atoms with van der Waals surface area (Å²) in [7, 11) is 0. The summed E-state index contributed by atoms with van der Waals surface area (Å²) < 4.78 is 5.63. The van der Waals surface area contributed by atoms with E-state index >= 15 is 0 Å². The van der Waals surface area contributed by atoms with Gasteiger partial charge in [0.15, 0.2) is 11.6 Å². The lowest BCUT2D eigenvalue weighted by Crippen LogP contribution is -2.35. The minimum atomic E-state index is 0.391. The van der Waals surface area contributed by atoms with E-state index < -0.39 is 0 Å². The van der Waals surface area contributed by atoms with Crippen LogP contribution in [0.2, 0.25) is 0 Å². The lowest BCUT2D eigenvalue weighted by molar-refractivity contribution is 0.286. The molecule has 1 aromatic heterocycles. The molecule has 0 aromatic carbocycles. The smallest absolute Gasteiger partial charge is 0.320 e. The number of fused-ring (bicyclic) bond motifs is 1. The molecular formula is C17H30N6O. The third-order valence-corrected chi connectivity index (χ3v) is 4.77. The number of aromatic nitrogens is 2. The van der Waals surface area contributed by atoms with Crippen LogP contribution in [0, 0.1) is 0 Å². The van der Waals surface area contributed by atoms with E-state index in [1.54, 1.807) is 0 Å². The summed E-state index contributed by atoms with van der Waals surface area (Å²) >= 11 is 0. The highest BCUT2D eigenvalue weighted by atomic mass is 16.5. The summed E-state index contributed by atoms with van der Waals surface area (Å²) in [5, 5.41) is 6.92. The van der Waals surface area contributed by atoms with Crippen molar-refractivity contribution >= 4 is 17.3 Å². The molecule has 0 amide bonds. The molecule has 0 radical (unpaired) electrons. The number of nitrogen functional groups attached to an aromatic ring is 1. The van der Waals surface area contributed by atoms with E-state index in [2.05, 4.69) is 32.4 Å². The maximum atomic E-state index is 6.05. The van der Waals surface area contributed by atoms with Crippen molar-refractivity contribution in [2.75, 3.05) is 42.3 Å². The largest absolute Gasteiger partial charge is 0.463 e. The van der Waals surface area contributed by atoms with Crippen molar-refractivity contribution in [3.05, 3.63) is 0 Å². The number of unbranched alkanes of at least 4 members (excludes halogenated alkanes) is 1. The van der Waals surface area contributed by atoms with Crippen LogP contribution in [0.1, 0.15) is 51.9 Å². The van der Waals surface area contributed by atoms with Crippen molar-refractivity contribution in [3.8, 4) is 6.01 Å². The summed E-state index contributed by atoms with van der Waals surface area (Å²) in [4.78, 5) is 11.1. The highest BCUT2D eigenvalue weighted by Crippen LogP contribution is 2.35. The van der Waals surface area contributed by atoms with Crippen molar-refractivity contribution in [2.45, 2.75) is 57.9 Å². The van der Waals surface area contributed by atoms with Gasteiger partial charge >= 0.3 is 6.01 Å². The van der Waals surface area contributed by atoms with Crippen LogP contribution in [-0.4, -0.2) is 42.4 Å². The van der Waals surface area contributed by atoms with Crippen LogP contribution in [-0.2, 0) is 0 Å². The van der Waals surface area contributed by atoms with E-state index in [-0.39, 0.29) is 0 Å². The minimum Gasteiger partial charge on any atom is -0.463 e. The number of ether oxygens (including phenoxy) is 1. The second-order valence-corrected chi connectivity index (χ2v) is 6.68. The van der Waals surface area contributed by atoms with Crippen LogP contribution < -0.4 is 26.0 Å². The number of nitrogens with zero attached hydrogens (tertiary/aromatic N) is 3. The second kappa shape index (κ2) is 8.37. The third-order valence-electron chi connectivity index (χ3n) is 4.77. The molecule has 0 bridgehead atoms. The first kappa shape index (κ1) is 17.1. The Hall–Kier alpha value is -1.76. The van der Waals surface area contributed by atoms with Gasteiger partial charge in [0.1, 0.15) is 5.69 Å². The van der Waals surface area contributed by atoms with Gasteiger partial charge in [-0.05, 0) is 38.6 Å². The first-order valence-electron chi connectivity index (χ1n) is 9.30. The number of piperidine rings is 1. The molecule has 24 heavy (non-hydrogen) atoms. The van der Waals surface area contributed by atoms with E-state index in [0.29, 0.717) is 24.5 Å². The molecule has 0 aliphatic carbocycles. The number of nitrogens with two attached hydrogens (primary N) is 1. The lowest BCUT2D eigenvalue weighted by atomic mass is 10.0. The second-order valence-electron chi connectivity index (χ2n) is 6.68. The highest BCUT2D eigenvalue weighted by molar-refractivity contribution is 5.80. The molecule has 1 atom stereocenters. The maximum absolute atomic E-state index is 6.05. The van der Waals surface area contributed by atoms with Gasteiger partial charge in [-0.2, -0.15) is 9.97 Å². The zero-order valence-electron chi connectivity index (χ0n) is 14.7. The Kier molecular flexibility index (Phi) is 5.96. The zero-order valence-corrected chi connectivity index (χ0v) is 14.7. The summed E-state index contributed by atoms with van der Waals surface area (Å²) in [6.45, 7) is 5.65. The van der Waals surface area contributed by atoms with Gasteiger partial charge in [-0.3, -0.25) is 0 Å². The van der Waals surface area contributed by atoms with Crippen LogP contribution in [0.15, 0.2) is 0 Å². The van der Waals surface area contributed by atoms with Gasteiger partial charge in [0, 0.05) is 12.6 Å². The predicted octanol–water partition coefficient (Wildman–Crippen LogP) is 2.35. The van der Waals surface area contributed by atoms with E-state index in [1.165, 1.54) is 32.2 Å². The Morgan fingerprint density at radius 2 is 2.21 bits per heavy atom. The molecule has 7 heteroatoms. The molecule has 3 heterocycles. The first-order chi connectivity index (χ1) is 11.8. The van der Waals surface area contributed by atoms with E-state index in [9.17, 15) is 0 Å². The molecule has 2 aliphatic rings. The monoisotopic (exact) mass is 334 g/mol. The van der Waals surface area contributed by atoms with Crippen LogP contribution in [0.25, 0.3) is 0 Å². The number of nitrogens with one attached hydrogen (secondary N) is 2. The Balaban J connectivity index is 1.55. The topological polar surface area (TPSA) is 88.3 Å². The van der Waals surface area contributed by atoms with Crippen molar-refractivity contribution in [2.24, 2.45) is 0 Å². The van der Waals surface area contributed by atoms with Crippen molar-refractivity contribution in [1.82, 2.24) is 15.3 Å². The molecule has 1 unspecified atom stereocenters. The van der Waals surface area contributed by atoms with E-state index in [1.807, 2.05) is 0 Å². The Labute approximate surface area is 144 Å². The van der Waals surface area contributed by atoms with Crippen molar-refractivity contribution in [1.29, 1.82) is 0 Å². The fraction of sp³-hybridized carbons (Fsp3) is 0.765. The summed E-state index contributed by atoms with van der Waals surface area (Å²) in [6, 6.07) is 1.07. The molecule has 7 nitrogen and oxygen atoms in total. The fourth-order valence-electron chi connectivity index (χ4n) is 3.35. The zero-order chi connectivity index (χ0) is 16.8. The maximum Gasteiger partial charge on any atom is 0.320 e. The predicted molar refractivity (Wildman–Crippen MR) is 97.6 cm³/mol. The quantitative estimate of drug-likeness (QED) is 0.629. The van der Waals surface area contributed by atoms with E-state index in [0.717, 1.165) is 44.0 Å². The van der Waals surface area contributed by atoms with Gasteiger partial charge in [0.25, 0.3) is 0 Å². The molecule has 1 saturated heterocycles. The molecule has 1 fully saturated rings. The summed E-state index contributed by atoms with van der Waals surface area (Å²) in [5.41, 5.74) is 6.90. The van der Waals surface area contributed by atoms with Gasteiger partial charge in [0.2, 0.25) is 0 Å². The molecule has 134 valence electrons. The number of rotatable bonds is 8. The number of hydrogen-bond donors (Lipinski definition) is 3. The molecule has 4 N–H and O–H groups in total. The Morgan fingerprint density at radius 3 is 3.00 bits per heavy atom. The van der Waals surface area contributed by atoms with Crippen LogP contribution in [0.4, 0.5) is 17.3 Å². The van der Waals surface area contributed by atoms with Gasteiger partial charge in [-0.15, -0.1) is 0 Å². The van der Waals surface area contributed by atoms with Crippen LogP contribution >= 0.6 is 0 Å². The van der Waals surface area contributed by atoms with Crippen molar-refractivity contribution in [3.63, 3.8) is 0 Å². The van der Waals surface area contributed by atoms with Gasteiger partial charge in [0.05, 0.1) is 13.3 Å². The minimum absolute atomic E-state index is 0.391. The Morgan fingerprint density at radius 1 is 1.29 bits per heavy atom. The van der Waals surface area contributed by atoms with E-state index in [4.69, 9.17) is 10.5 Å². The van der Waals surface area contributed by atoms with Gasteiger partial charge in [-0.25, -0.2) is 0 Å². The normalized spacial score (nSPS) is 19.9. The summed E-state index contributed by atoms with van der Waals surface area (Å²) in [6.07, 6.45) is 8.42. The first-order valence-corrected chi connectivity index (χ1v) is 9.30. The third kappa shape index (κ3) is 4.20. The lowest BCUT2D eigenvalue weighted by Gasteiger charge is -2.24. The molecule has 1 aromatic rings. The van der Waals surface area contributed by atoms with Crippen LogP contribution in [0.5, 0.6) is 6.01 Å². The van der Waals surface area contributed by atoms with Gasteiger partial charge in [-0.1, -0.05) is 19.8 Å². The van der Waals surface area contributed by atoms with Crippen molar-refractivity contribution < 1.29 is 4.74 Å². The molecule has 0 spiro atoms. The molecule has 2 aliphatic heterocycles. The molecule has 3 rings (SSSR count). The molecular weight excluding hydrogens is 304 g/mol. The highest BCUT2D eigenvalue weighted by Gasteiger charge is 2.25. The molecule has 0 saturated carbocycles. The standard InChI is InChI=1S/C17H30N6O/c1-2-3-11-24-17-21-15(18)14-16(22-17)23(12-20-14)10-6-8-13-7-4-5-9-19-13/h13,19-20H,2-12H2,1H3,(H2,18,21,22).